The van der Waals surface area contributed by atoms with E-state index in [0.29, 0.717) is 35.2 Å². The average Bonchev–Trinajstić information content (AvgIpc) is 3.39. The summed E-state index contributed by atoms with van der Waals surface area (Å²) in [5.74, 6) is -1.67. The van der Waals surface area contributed by atoms with Crippen LogP contribution in [-0.4, -0.2) is 57.1 Å². The van der Waals surface area contributed by atoms with Crippen LogP contribution in [0.15, 0.2) is 41.8 Å². The van der Waals surface area contributed by atoms with Gasteiger partial charge in [-0.05, 0) is 55.3 Å². The van der Waals surface area contributed by atoms with Crippen molar-refractivity contribution in [1.82, 2.24) is 20.6 Å². The van der Waals surface area contributed by atoms with Gasteiger partial charge in [-0.1, -0.05) is 25.1 Å². The molecule has 1 aromatic carbocycles. The van der Waals surface area contributed by atoms with E-state index in [2.05, 4.69) is 25.9 Å². The number of benzene rings is 1. The van der Waals surface area contributed by atoms with Crippen LogP contribution in [-0.2, 0) is 17.6 Å². The van der Waals surface area contributed by atoms with Gasteiger partial charge in [-0.25, -0.2) is 14.8 Å². The molecule has 190 valence electrons. The number of nitrogens with zero attached hydrogens (tertiary/aromatic N) is 2. The number of carboxylic acids is 1. The third-order valence-corrected chi connectivity index (χ3v) is 6.25. The molecule has 0 aliphatic heterocycles. The normalized spacial score (nSPS) is 11.5. The van der Waals surface area contributed by atoms with Gasteiger partial charge in [0, 0.05) is 13.1 Å². The number of thiophene rings is 1. The number of aliphatic carboxylic acids is 1. The second-order valence-corrected chi connectivity index (χ2v) is 9.01. The van der Waals surface area contributed by atoms with Crippen molar-refractivity contribution in [3.8, 4) is 5.75 Å². The van der Waals surface area contributed by atoms with Crippen LogP contribution in [0, 0.1) is 6.92 Å². The van der Waals surface area contributed by atoms with Crippen molar-refractivity contribution >= 4 is 35.1 Å². The van der Waals surface area contributed by atoms with Gasteiger partial charge >= 0.3 is 5.97 Å². The molecule has 36 heavy (non-hydrogen) atoms. The number of phenols is 1. The predicted molar refractivity (Wildman–Crippen MR) is 137 cm³/mol. The molecule has 0 bridgehead atoms. The summed E-state index contributed by atoms with van der Waals surface area (Å²) in [7, 11) is 0. The van der Waals surface area contributed by atoms with Gasteiger partial charge in [0.05, 0.1) is 21.8 Å². The van der Waals surface area contributed by atoms with Crippen molar-refractivity contribution < 1.29 is 24.6 Å². The van der Waals surface area contributed by atoms with E-state index in [1.165, 1.54) is 11.3 Å². The van der Waals surface area contributed by atoms with E-state index >= 15 is 0 Å². The molecule has 2 amide bonds. The Morgan fingerprint density at radius 1 is 1.11 bits per heavy atom. The maximum absolute atomic E-state index is 13.0. The predicted octanol–water partition coefficient (Wildman–Crippen LogP) is 2.77. The van der Waals surface area contributed by atoms with Gasteiger partial charge in [-0.3, -0.25) is 9.59 Å². The number of anilines is 1. The van der Waals surface area contributed by atoms with Gasteiger partial charge in [-0.2, -0.15) is 0 Å². The van der Waals surface area contributed by atoms with E-state index in [1.54, 1.807) is 42.6 Å². The Hall–Kier alpha value is -3.99. The number of rotatable bonds is 12. The summed E-state index contributed by atoms with van der Waals surface area (Å²) in [6.07, 6.45) is 1.99. The fourth-order valence-corrected chi connectivity index (χ4v) is 4.23. The van der Waals surface area contributed by atoms with Crippen molar-refractivity contribution in [3.05, 3.63) is 69.2 Å². The van der Waals surface area contributed by atoms with Crippen LogP contribution in [0.25, 0.3) is 0 Å². The standard InChI is InChI=1S/C25H29N5O5S/c1-3-18-21(23(33)29-19(24(34)35)14-27-22(32)20-10-6-12-36-20)15(2)28-25(30-18)26-11-5-8-16-7-4-9-17(31)13-16/h4,6-7,9-10,12-13,19,31H,3,5,8,11,14H2,1-2H3,(H,27,32)(H,29,33)(H,34,35)(H,26,28,30). The molecule has 1 unspecified atom stereocenters. The molecule has 3 rings (SSSR count). The van der Waals surface area contributed by atoms with Gasteiger partial charge < -0.3 is 26.2 Å². The number of carbonyl (C=O) groups excluding carboxylic acids is 2. The Morgan fingerprint density at radius 3 is 2.58 bits per heavy atom. The number of aromatic nitrogens is 2. The average molecular weight is 512 g/mol. The lowest BCUT2D eigenvalue weighted by atomic mass is 10.1. The highest BCUT2D eigenvalue weighted by Gasteiger charge is 2.25. The van der Waals surface area contributed by atoms with Crippen molar-refractivity contribution in [2.45, 2.75) is 39.2 Å². The summed E-state index contributed by atoms with van der Waals surface area (Å²) >= 11 is 1.24. The largest absolute Gasteiger partial charge is 0.508 e. The van der Waals surface area contributed by atoms with E-state index in [0.717, 1.165) is 18.4 Å². The molecule has 11 heteroatoms. The van der Waals surface area contributed by atoms with Crippen molar-refractivity contribution in [2.24, 2.45) is 0 Å². The summed E-state index contributed by atoms with van der Waals surface area (Å²) in [5.41, 5.74) is 2.15. The topological polar surface area (TPSA) is 154 Å². The molecular weight excluding hydrogens is 482 g/mol. The fourth-order valence-electron chi connectivity index (χ4n) is 3.59. The maximum atomic E-state index is 13.0. The third-order valence-electron chi connectivity index (χ3n) is 5.38. The monoisotopic (exact) mass is 511 g/mol. The second kappa shape index (κ2) is 12.6. The van der Waals surface area contributed by atoms with Gasteiger partial charge in [0.25, 0.3) is 11.8 Å². The van der Waals surface area contributed by atoms with Crippen LogP contribution in [0.1, 0.15) is 50.3 Å². The van der Waals surface area contributed by atoms with Crippen LogP contribution in [0.3, 0.4) is 0 Å². The number of hydrogen-bond donors (Lipinski definition) is 5. The van der Waals surface area contributed by atoms with Crippen molar-refractivity contribution in [1.29, 1.82) is 0 Å². The van der Waals surface area contributed by atoms with Crippen LogP contribution < -0.4 is 16.0 Å². The van der Waals surface area contributed by atoms with Gasteiger partial charge in [0.15, 0.2) is 0 Å². The number of nitrogens with one attached hydrogen (secondary N) is 3. The van der Waals surface area contributed by atoms with Crippen LogP contribution in [0.4, 0.5) is 5.95 Å². The Labute approximate surface area is 212 Å². The molecule has 0 radical (unpaired) electrons. The van der Waals surface area contributed by atoms with E-state index in [9.17, 15) is 24.6 Å². The molecule has 2 heterocycles. The smallest absolute Gasteiger partial charge is 0.328 e. The first-order valence-corrected chi connectivity index (χ1v) is 12.4. The molecule has 0 spiro atoms. The lowest BCUT2D eigenvalue weighted by molar-refractivity contribution is -0.139. The molecule has 1 atom stereocenters. The van der Waals surface area contributed by atoms with E-state index in [-0.39, 0.29) is 17.9 Å². The van der Waals surface area contributed by atoms with E-state index in [4.69, 9.17) is 0 Å². The highest BCUT2D eigenvalue weighted by atomic mass is 32.1. The lowest BCUT2D eigenvalue weighted by Gasteiger charge is -2.18. The Balaban J connectivity index is 1.61. The molecule has 2 aromatic heterocycles. The molecule has 10 nitrogen and oxygen atoms in total. The first-order chi connectivity index (χ1) is 17.3. The maximum Gasteiger partial charge on any atom is 0.328 e. The highest BCUT2D eigenvalue weighted by Crippen LogP contribution is 2.16. The minimum atomic E-state index is -1.32. The van der Waals surface area contributed by atoms with Gasteiger partial charge in [0.1, 0.15) is 11.8 Å². The number of carbonyl (C=O) groups is 3. The Kier molecular flexibility index (Phi) is 9.34. The first-order valence-electron chi connectivity index (χ1n) is 11.5. The Bertz CT molecular complexity index is 1220. The number of aryl methyl sites for hydroxylation is 3. The Morgan fingerprint density at radius 2 is 1.92 bits per heavy atom. The molecule has 0 fully saturated rings. The van der Waals surface area contributed by atoms with Crippen molar-refractivity contribution in [2.75, 3.05) is 18.4 Å². The molecular formula is C25H29N5O5S. The second-order valence-electron chi connectivity index (χ2n) is 8.06. The van der Waals surface area contributed by atoms with E-state index in [1.807, 2.05) is 13.0 Å². The molecule has 0 aliphatic rings. The molecule has 0 saturated carbocycles. The van der Waals surface area contributed by atoms with Crippen molar-refractivity contribution in [3.63, 3.8) is 0 Å². The van der Waals surface area contributed by atoms with Gasteiger partial charge in [-0.15, -0.1) is 11.3 Å². The minimum absolute atomic E-state index is 0.221. The SMILES string of the molecule is CCc1nc(NCCCc2cccc(O)c2)nc(C)c1C(=O)NC(CNC(=O)c1cccs1)C(=O)O. The number of carboxylic acid groups (broad SMARTS) is 1. The summed E-state index contributed by atoms with van der Waals surface area (Å²) in [5, 5.41) is 29.0. The molecule has 0 saturated heterocycles. The molecule has 3 aromatic rings. The first kappa shape index (κ1) is 26.6. The summed E-state index contributed by atoms with van der Waals surface area (Å²) in [4.78, 5) is 46.1. The number of hydrogen-bond acceptors (Lipinski definition) is 8. The van der Waals surface area contributed by atoms with Crippen LogP contribution >= 0.6 is 11.3 Å². The third kappa shape index (κ3) is 7.25. The number of phenolic OH excluding ortho intramolecular Hbond substituents is 1. The number of amides is 2. The fraction of sp³-hybridized carbons (Fsp3) is 0.320. The summed E-state index contributed by atoms with van der Waals surface area (Å²) in [6.45, 7) is 3.84. The molecule has 5 N–H and O–H groups in total. The summed E-state index contributed by atoms with van der Waals surface area (Å²) < 4.78 is 0. The van der Waals surface area contributed by atoms with Crippen LogP contribution in [0.2, 0.25) is 0 Å². The minimum Gasteiger partial charge on any atom is -0.508 e. The quantitative estimate of drug-likeness (QED) is 0.233. The zero-order chi connectivity index (χ0) is 26.1. The number of aromatic hydroxyl groups is 1. The summed E-state index contributed by atoms with van der Waals surface area (Å²) in [6, 6.07) is 9.13. The van der Waals surface area contributed by atoms with Gasteiger partial charge in [0.2, 0.25) is 5.95 Å². The lowest BCUT2D eigenvalue weighted by Crippen LogP contribution is -2.48. The zero-order valence-electron chi connectivity index (χ0n) is 20.1. The molecule has 0 aliphatic carbocycles. The zero-order valence-corrected chi connectivity index (χ0v) is 20.9. The van der Waals surface area contributed by atoms with E-state index < -0.39 is 23.8 Å². The highest BCUT2D eigenvalue weighted by molar-refractivity contribution is 7.12. The van der Waals surface area contributed by atoms with Crippen LogP contribution in [0.5, 0.6) is 5.75 Å².